The number of morpholine rings is 1. The summed E-state index contributed by atoms with van der Waals surface area (Å²) in [5.74, 6) is 0.196. The Bertz CT molecular complexity index is 1200. The fraction of sp³-hybridized carbons (Fsp3) is 0.423. The smallest absolute Gasteiger partial charge is 0.246 e. The molecule has 2 aromatic rings. The van der Waals surface area contributed by atoms with Crippen LogP contribution in [-0.2, 0) is 19.6 Å². The van der Waals surface area contributed by atoms with Gasteiger partial charge in [-0.2, -0.15) is 4.31 Å². The van der Waals surface area contributed by atoms with E-state index >= 15 is 0 Å². The van der Waals surface area contributed by atoms with Crippen LogP contribution >= 0.6 is 0 Å². The molecule has 2 aliphatic rings. The number of anilines is 1. The predicted molar refractivity (Wildman–Crippen MR) is 136 cm³/mol. The number of ether oxygens (including phenoxy) is 2. The number of nitrogens with zero attached hydrogens (tertiary/aromatic N) is 3. The molecule has 8 nitrogen and oxygen atoms in total. The molecule has 0 bridgehead atoms. The van der Waals surface area contributed by atoms with Crippen LogP contribution in [0.15, 0.2) is 47.4 Å². The molecule has 2 heterocycles. The Kier molecular flexibility index (Phi) is 7.78. The van der Waals surface area contributed by atoms with E-state index in [9.17, 15) is 13.2 Å². The highest BCUT2D eigenvalue weighted by Crippen LogP contribution is 2.29. The van der Waals surface area contributed by atoms with Crippen LogP contribution in [-0.4, -0.2) is 83.1 Å². The van der Waals surface area contributed by atoms with E-state index in [2.05, 4.69) is 36.9 Å². The van der Waals surface area contributed by atoms with Gasteiger partial charge in [-0.25, -0.2) is 8.42 Å². The Hall–Kier alpha value is -2.88. The second kappa shape index (κ2) is 10.8. The van der Waals surface area contributed by atoms with Gasteiger partial charge >= 0.3 is 0 Å². The van der Waals surface area contributed by atoms with Crippen molar-refractivity contribution >= 4 is 27.7 Å². The van der Waals surface area contributed by atoms with Gasteiger partial charge in [-0.05, 0) is 54.8 Å². The van der Waals surface area contributed by atoms with Gasteiger partial charge in [0.05, 0.1) is 20.3 Å². The molecule has 1 amide bonds. The van der Waals surface area contributed by atoms with Gasteiger partial charge < -0.3 is 19.3 Å². The van der Waals surface area contributed by atoms with Crippen molar-refractivity contribution < 1.29 is 22.7 Å². The number of sulfonamides is 1. The molecule has 2 aliphatic heterocycles. The molecule has 35 heavy (non-hydrogen) atoms. The fourth-order valence-electron chi connectivity index (χ4n) is 4.44. The minimum atomic E-state index is -3.73. The van der Waals surface area contributed by atoms with Crippen LogP contribution in [0.5, 0.6) is 5.75 Å². The first-order valence-electron chi connectivity index (χ1n) is 11.9. The standard InChI is InChI=1S/C26H33N3O5S/c1-20-5-4-6-23(21(20)2)27-11-13-28(14-12-27)26(30)10-8-22-7-9-24(33-3)25(19-22)35(31,32)29-15-17-34-18-16-29/h4-10,19H,11-18H2,1-3H3/b10-8+. The van der Waals surface area contributed by atoms with Crippen LogP contribution in [0.4, 0.5) is 5.69 Å². The molecule has 2 aromatic carbocycles. The number of benzene rings is 2. The minimum absolute atomic E-state index is 0.0842. The summed E-state index contributed by atoms with van der Waals surface area (Å²) in [7, 11) is -2.28. The molecule has 2 saturated heterocycles. The van der Waals surface area contributed by atoms with Crippen molar-refractivity contribution in [2.24, 2.45) is 0 Å². The summed E-state index contributed by atoms with van der Waals surface area (Å²) in [5.41, 5.74) is 4.38. The van der Waals surface area contributed by atoms with Gasteiger partial charge in [0.2, 0.25) is 15.9 Å². The molecule has 0 saturated carbocycles. The number of aryl methyl sites for hydroxylation is 1. The average Bonchev–Trinajstić information content (AvgIpc) is 2.89. The SMILES string of the molecule is COc1ccc(/C=C/C(=O)N2CCN(c3cccc(C)c3C)CC2)cc1S(=O)(=O)N1CCOCC1. The van der Waals surface area contributed by atoms with Crippen molar-refractivity contribution in [2.45, 2.75) is 18.7 Å². The van der Waals surface area contributed by atoms with Gasteiger partial charge in [-0.15, -0.1) is 0 Å². The first-order chi connectivity index (χ1) is 16.8. The van der Waals surface area contributed by atoms with Crippen LogP contribution < -0.4 is 9.64 Å². The number of methoxy groups -OCH3 is 1. The number of hydrogen-bond donors (Lipinski definition) is 0. The van der Waals surface area contributed by atoms with Gasteiger partial charge in [0.25, 0.3) is 0 Å². The number of carbonyl (C=O) groups is 1. The molecule has 0 aromatic heterocycles. The zero-order valence-electron chi connectivity index (χ0n) is 20.6. The summed E-state index contributed by atoms with van der Waals surface area (Å²) in [6.07, 6.45) is 3.18. The lowest BCUT2D eigenvalue weighted by molar-refractivity contribution is -0.126. The highest BCUT2D eigenvalue weighted by Gasteiger charge is 2.29. The third kappa shape index (κ3) is 5.52. The Balaban J connectivity index is 1.44. The van der Waals surface area contributed by atoms with Crippen molar-refractivity contribution in [2.75, 3.05) is 64.5 Å². The molecule has 0 spiro atoms. The number of rotatable bonds is 6. The molecule has 0 radical (unpaired) electrons. The summed E-state index contributed by atoms with van der Waals surface area (Å²) in [4.78, 5) is 17.1. The first kappa shape index (κ1) is 25.2. The zero-order valence-corrected chi connectivity index (χ0v) is 21.4. The molecule has 9 heteroatoms. The van der Waals surface area contributed by atoms with Gasteiger partial charge in [0.15, 0.2) is 0 Å². The second-order valence-electron chi connectivity index (χ2n) is 8.79. The lowest BCUT2D eigenvalue weighted by Gasteiger charge is -2.36. The third-order valence-corrected chi connectivity index (χ3v) is 8.62. The molecule has 0 aliphatic carbocycles. The van der Waals surface area contributed by atoms with E-state index in [0.29, 0.717) is 45.0 Å². The largest absolute Gasteiger partial charge is 0.495 e. The maximum Gasteiger partial charge on any atom is 0.246 e. The van der Waals surface area contributed by atoms with Crippen molar-refractivity contribution in [1.29, 1.82) is 0 Å². The van der Waals surface area contributed by atoms with E-state index in [-0.39, 0.29) is 16.6 Å². The van der Waals surface area contributed by atoms with Crippen LogP contribution in [0.3, 0.4) is 0 Å². The lowest BCUT2D eigenvalue weighted by atomic mass is 10.1. The molecule has 4 rings (SSSR count). The number of amides is 1. The maximum atomic E-state index is 13.2. The van der Waals surface area contributed by atoms with Gasteiger partial charge in [-0.1, -0.05) is 18.2 Å². The van der Waals surface area contributed by atoms with Crippen LogP contribution in [0.1, 0.15) is 16.7 Å². The fourth-order valence-corrected chi connectivity index (χ4v) is 6.04. The Morgan fingerprint density at radius 3 is 2.40 bits per heavy atom. The van der Waals surface area contributed by atoms with Gasteiger partial charge in [0, 0.05) is 51.0 Å². The molecule has 0 atom stereocenters. The van der Waals surface area contributed by atoms with Crippen molar-refractivity contribution in [3.8, 4) is 5.75 Å². The first-order valence-corrected chi connectivity index (χ1v) is 13.3. The Morgan fingerprint density at radius 1 is 1.00 bits per heavy atom. The molecule has 0 unspecified atom stereocenters. The molecule has 188 valence electrons. The van der Waals surface area contributed by atoms with Gasteiger partial charge in [-0.3, -0.25) is 4.79 Å². The number of hydrogen-bond acceptors (Lipinski definition) is 6. The highest BCUT2D eigenvalue weighted by atomic mass is 32.2. The van der Waals surface area contributed by atoms with Gasteiger partial charge in [0.1, 0.15) is 10.6 Å². The topological polar surface area (TPSA) is 79.4 Å². The Morgan fingerprint density at radius 2 is 1.71 bits per heavy atom. The van der Waals surface area contributed by atoms with Crippen molar-refractivity contribution in [3.63, 3.8) is 0 Å². The van der Waals surface area contributed by atoms with Crippen molar-refractivity contribution in [1.82, 2.24) is 9.21 Å². The van der Waals surface area contributed by atoms with Crippen molar-refractivity contribution in [3.05, 3.63) is 59.2 Å². The molecule has 0 N–H and O–H groups in total. The van der Waals surface area contributed by atoms with E-state index in [1.165, 1.54) is 34.3 Å². The summed E-state index contributed by atoms with van der Waals surface area (Å²) in [6, 6.07) is 11.2. The number of carbonyl (C=O) groups excluding carboxylic acids is 1. The minimum Gasteiger partial charge on any atom is -0.495 e. The van der Waals surface area contributed by atoms with Crippen LogP contribution in [0.2, 0.25) is 0 Å². The van der Waals surface area contributed by atoms with E-state index in [4.69, 9.17) is 9.47 Å². The normalized spacial score (nSPS) is 17.7. The third-order valence-electron chi connectivity index (χ3n) is 6.70. The van der Waals surface area contributed by atoms with E-state index in [1.54, 1.807) is 24.3 Å². The summed E-state index contributed by atoms with van der Waals surface area (Å²) in [6.45, 7) is 8.40. The quantitative estimate of drug-likeness (QED) is 0.569. The lowest BCUT2D eigenvalue weighted by Crippen LogP contribution is -2.48. The van der Waals surface area contributed by atoms with E-state index < -0.39 is 10.0 Å². The predicted octanol–water partition coefficient (Wildman–Crippen LogP) is 2.69. The Labute approximate surface area is 207 Å². The zero-order chi connectivity index (χ0) is 25.0. The van der Waals surface area contributed by atoms with Crippen LogP contribution in [0.25, 0.3) is 6.08 Å². The van der Waals surface area contributed by atoms with E-state index in [0.717, 1.165) is 13.1 Å². The second-order valence-corrected chi connectivity index (χ2v) is 10.7. The van der Waals surface area contributed by atoms with Crippen LogP contribution in [0, 0.1) is 13.8 Å². The maximum absolute atomic E-state index is 13.2. The summed E-state index contributed by atoms with van der Waals surface area (Å²) >= 11 is 0. The monoisotopic (exact) mass is 499 g/mol. The summed E-state index contributed by atoms with van der Waals surface area (Å²) in [5, 5.41) is 0. The molecular weight excluding hydrogens is 466 g/mol. The number of piperazine rings is 1. The molecular formula is C26H33N3O5S. The summed E-state index contributed by atoms with van der Waals surface area (Å²) < 4.78 is 38.4. The average molecular weight is 500 g/mol. The van der Waals surface area contributed by atoms with E-state index in [1.807, 2.05) is 4.90 Å². The highest BCUT2D eigenvalue weighted by molar-refractivity contribution is 7.89. The molecule has 2 fully saturated rings.